The Morgan fingerprint density at radius 2 is 2.15 bits per heavy atom. The summed E-state index contributed by atoms with van der Waals surface area (Å²) in [7, 11) is 0. The zero-order valence-electron chi connectivity index (χ0n) is 11.0. The number of non-ortho nitro benzene ring substituents is 1. The molecule has 0 radical (unpaired) electrons. The van der Waals surface area contributed by atoms with Gasteiger partial charge in [0, 0.05) is 37.5 Å². The molecular formula is C13H17N3O4. The average Bonchev–Trinajstić information content (AvgIpc) is 2.88. The number of rotatable bonds is 4. The molecule has 1 atom stereocenters. The highest BCUT2D eigenvalue weighted by molar-refractivity contribution is 5.89. The highest BCUT2D eigenvalue weighted by Gasteiger charge is 2.25. The first-order valence-electron chi connectivity index (χ1n) is 6.51. The molecule has 0 bridgehead atoms. The molecule has 1 aromatic carbocycles. The maximum Gasteiger partial charge on any atom is 0.321 e. The number of carbonyl (C=O) groups excluding carboxylic acids is 1. The van der Waals surface area contributed by atoms with Gasteiger partial charge in [0.2, 0.25) is 0 Å². The number of likely N-dealkylation sites (tertiary alicyclic amines) is 1. The van der Waals surface area contributed by atoms with E-state index in [0.717, 1.165) is 6.42 Å². The summed E-state index contributed by atoms with van der Waals surface area (Å²) in [5.41, 5.74) is 0.526. The van der Waals surface area contributed by atoms with E-state index < -0.39 is 4.92 Å². The quantitative estimate of drug-likeness (QED) is 0.649. The number of nitro benzene ring substituents is 1. The summed E-state index contributed by atoms with van der Waals surface area (Å²) in [5.74, 6) is 0.350. The Hall–Kier alpha value is -2.15. The van der Waals surface area contributed by atoms with Crippen molar-refractivity contribution in [3.8, 4) is 0 Å². The normalized spacial score (nSPS) is 18.1. The zero-order valence-corrected chi connectivity index (χ0v) is 11.0. The molecule has 0 unspecified atom stereocenters. The second-order valence-electron chi connectivity index (χ2n) is 4.85. The van der Waals surface area contributed by atoms with Gasteiger partial charge in [-0.3, -0.25) is 10.1 Å². The standard InChI is InChI=1S/C13H17N3O4/c17-8-6-10-5-7-15(9-10)13(18)14-11-1-3-12(4-2-11)16(19)20/h1-4,10,17H,5-9H2,(H,14,18)/t10-/m0/s1. The first kappa shape index (κ1) is 14.3. The van der Waals surface area contributed by atoms with Gasteiger partial charge in [-0.05, 0) is 30.9 Å². The van der Waals surface area contributed by atoms with Crippen LogP contribution in [-0.2, 0) is 0 Å². The van der Waals surface area contributed by atoms with E-state index in [4.69, 9.17) is 5.11 Å². The molecule has 0 aromatic heterocycles. The van der Waals surface area contributed by atoms with Gasteiger partial charge in [-0.2, -0.15) is 0 Å². The lowest BCUT2D eigenvalue weighted by atomic mass is 10.1. The van der Waals surface area contributed by atoms with Crippen molar-refractivity contribution in [1.29, 1.82) is 0 Å². The first-order chi connectivity index (χ1) is 9.60. The minimum Gasteiger partial charge on any atom is -0.396 e. The largest absolute Gasteiger partial charge is 0.396 e. The lowest BCUT2D eigenvalue weighted by molar-refractivity contribution is -0.384. The summed E-state index contributed by atoms with van der Waals surface area (Å²) in [4.78, 5) is 23.7. The molecule has 0 aliphatic carbocycles. The molecule has 0 saturated carbocycles. The predicted molar refractivity (Wildman–Crippen MR) is 73.5 cm³/mol. The number of aliphatic hydroxyl groups is 1. The number of nitro groups is 1. The molecule has 108 valence electrons. The minimum absolute atomic E-state index is 0.00724. The van der Waals surface area contributed by atoms with Crippen LogP contribution in [0, 0.1) is 16.0 Å². The van der Waals surface area contributed by atoms with Crippen LogP contribution in [0.5, 0.6) is 0 Å². The molecule has 1 saturated heterocycles. The Balaban J connectivity index is 1.90. The topological polar surface area (TPSA) is 95.7 Å². The van der Waals surface area contributed by atoms with Crippen molar-refractivity contribution in [2.75, 3.05) is 25.0 Å². The van der Waals surface area contributed by atoms with Gasteiger partial charge >= 0.3 is 6.03 Å². The smallest absolute Gasteiger partial charge is 0.321 e. The molecule has 1 fully saturated rings. The second kappa shape index (κ2) is 6.33. The highest BCUT2D eigenvalue weighted by atomic mass is 16.6. The van der Waals surface area contributed by atoms with E-state index in [1.165, 1.54) is 24.3 Å². The lowest BCUT2D eigenvalue weighted by Gasteiger charge is -2.17. The van der Waals surface area contributed by atoms with Crippen molar-refractivity contribution in [2.45, 2.75) is 12.8 Å². The summed E-state index contributed by atoms with van der Waals surface area (Å²) in [6.45, 7) is 1.45. The molecule has 0 spiro atoms. The fourth-order valence-electron chi connectivity index (χ4n) is 2.30. The Kier molecular flexibility index (Phi) is 4.52. The summed E-state index contributed by atoms with van der Waals surface area (Å²) in [6.07, 6.45) is 1.61. The molecular weight excluding hydrogens is 262 g/mol. The number of amides is 2. The van der Waals surface area contributed by atoms with Gasteiger partial charge in [-0.25, -0.2) is 4.79 Å². The number of anilines is 1. The Bertz CT molecular complexity index is 489. The van der Waals surface area contributed by atoms with Gasteiger partial charge in [0.25, 0.3) is 5.69 Å². The third-order valence-corrected chi connectivity index (χ3v) is 3.44. The maximum atomic E-state index is 12.0. The van der Waals surface area contributed by atoms with E-state index in [1.54, 1.807) is 4.90 Å². The van der Waals surface area contributed by atoms with Gasteiger partial charge in [0.1, 0.15) is 0 Å². The minimum atomic E-state index is -0.481. The fraction of sp³-hybridized carbons (Fsp3) is 0.462. The third-order valence-electron chi connectivity index (χ3n) is 3.44. The molecule has 1 aliphatic rings. The number of nitrogens with one attached hydrogen (secondary N) is 1. The predicted octanol–water partition coefficient (Wildman–Crippen LogP) is 1.83. The Morgan fingerprint density at radius 3 is 2.75 bits per heavy atom. The molecule has 1 heterocycles. The van der Waals surface area contributed by atoms with Crippen LogP contribution in [0.25, 0.3) is 0 Å². The summed E-state index contributed by atoms with van der Waals surface area (Å²) < 4.78 is 0. The van der Waals surface area contributed by atoms with E-state index in [9.17, 15) is 14.9 Å². The molecule has 20 heavy (non-hydrogen) atoms. The van der Waals surface area contributed by atoms with Crippen LogP contribution >= 0.6 is 0 Å². The molecule has 2 amide bonds. The third kappa shape index (κ3) is 3.45. The van der Waals surface area contributed by atoms with Crippen molar-refractivity contribution in [2.24, 2.45) is 5.92 Å². The van der Waals surface area contributed by atoms with Crippen LogP contribution in [0.15, 0.2) is 24.3 Å². The van der Waals surface area contributed by atoms with E-state index in [2.05, 4.69) is 5.32 Å². The van der Waals surface area contributed by atoms with Crippen LogP contribution in [0.3, 0.4) is 0 Å². The zero-order chi connectivity index (χ0) is 14.5. The number of carbonyl (C=O) groups is 1. The summed E-state index contributed by atoms with van der Waals surface area (Å²) in [5, 5.41) is 22.1. The average molecular weight is 279 g/mol. The number of hydrogen-bond donors (Lipinski definition) is 2. The molecule has 1 aromatic rings. The molecule has 2 N–H and O–H groups in total. The summed E-state index contributed by atoms with van der Waals surface area (Å²) in [6, 6.07) is 5.52. The van der Waals surface area contributed by atoms with E-state index in [0.29, 0.717) is 31.1 Å². The van der Waals surface area contributed by atoms with Crippen molar-refractivity contribution in [3.63, 3.8) is 0 Å². The van der Waals surface area contributed by atoms with Gasteiger partial charge < -0.3 is 15.3 Å². The van der Waals surface area contributed by atoms with Gasteiger partial charge in [0.05, 0.1) is 4.92 Å². The van der Waals surface area contributed by atoms with E-state index >= 15 is 0 Å². The number of urea groups is 1. The number of hydrogen-bond acceptors (Lipinski definition) is 4. The van der Waals surface area contributed by atoms with Crippen molar-refractivity contribution in [1.82, 2.24) is 4.90 Å². The maximum absolute atomic E-state index is 12.0. The van der Waals surface area contributed by atoms with Crippen LogP contribution < -0.4 is 5.32 Å². The van der Waals surface area contributed by atoms with Crippen LogP contribution in [0.1, 0.15) is 12.8 Å². The monoisotopic (exact) mass is 279 g/mol. The van der Waals surface area contributed by atoms with E-state index in [-0.39, 0.29) is 18.3 Å². The Morgan fingerprint density at radius 1 is 1.45 bits per heavy atom. The van der Waals surface area contributed by atoms with Crippen LogP contribution in [0.2, 0.25) is 0 Å². The molecule has 1 aliphatic heterocycles. The Labute approximate surface area is 116 Å². The summed E-state index contributed by atoms with van der Waals surface area (Å²) >= 11 is 0. The molecule has 2 rings (SSSR count). The second-order valence-corrected chi connectivity index (χ2v) is 4.85. The van der Waals surface area contributed by atoms with Crippen molar-refractivity contribution < 1.29 is 14.8 Å². The lowest BCUT2D eigenvalue weighted by Crippen LogP contribution is -2.33. The van der Waals surface area contributed by atoms with Crippen LogP contribution in [-0.4, -0.2) is 40.7 Å². The van der Waals surface area contributed by atoms with Crippen molar-refractivity contribution >= 4 is 17.4 Å². The van der Waals surface area contributed by atoms with Gasteiger partial charge in [0.15, 0.2) is 0 Å². The number of benzene rings is 1. The SMILES string of the molecule is O=C(Nc1ccc([N+](=O)[O-])cc1)N1CC[C@@H](CCO)C1. The molecule has 7 heteroatoms. The van der Waals surface area contributed by atoms with Gasteiger partial charge in [-0.15, -0.1) is 0 Å². The number of nitrogens with zero attached hydrogens (tertiary/aromatic N) is 2. The molecule has 7 nitrogen and oxygen atoms in total. The van der Waals surface area contributed by atoms with Gasteiger partial charge in [-0.1, -0.05) is 0 Å². The fourth-order valence-corrected chi connectivity index (χ4v) is 2.30. The first-order valence-corrected chi connectivity index (χ1v) is 6.51. The number of aliphatic hydroxyl groups excluding tert-OH is 1. The van der Waals surface area contributed by atoms with Crippen LogP contribution in [0.4, 0.5) is 16.2 Å². The highest BCUT2D eigenvalue weighted by Crippen LogP contribution is 2.21. The van der Waals surface area contributed by atoms with Crippen molar-refractivity contribution in [3.05, 3.63) is 34.4 Å². The van der Waals surface area contributed by atoms with E-state index in [1.807, 2.05) is 0 Å².